The van der Waals surface area contributed by atoms with Gasteiger partial charge < -0.3 is 10.0 Å². The zero-order chi connectivity index (χ0) is 9.84. The molecule has 1 aromatic rings. The molecule has 0 aliphatic rings. The highest BCUT2D eigenvalue weighted by molar-refractivity contribution is 5.85. The highest BCUT2D eigenvalue weighted by Crippen LogP contribution is 2.06. The van der Waals surface area contributed by atoms with Crippen LogP contribution in [0.2, 0.25) is 0 Å². The summed E-state index contributed by atoms with van der Waals surface area (Å²) in [6.45, 7) is 2.72. The zero-order valence-corrected chi connectivity index (χ0v) is 7.56. The van der Waals surface area contributed by atoms with Gasteiger partial charge in [0, 0.05) is 13.6 Å². The maximum atomic E-state index is 10.5. The van der Waals surface area contributed by atoms with Gasteiger partial charge in [-0.05, 0) is 6.92 Å². The molecule has 0 aliphatic carbocycles. The van der Waals surface area contributed by atoms with E-state index in [-0.39, 0.29) is 5.69 Å². The van der Waals surface area contributed by atoms with Gasteiger partial charge in [-0.15, -0.1) is 0 Å². The van der Waals surface area contributed by atoms with Crippen LogP contribution in [0.4, 0.5) is 5.82 Å². The fraction of sp³-hybridized carbons (Fsp3) is 0.375. The van der Waals surface area contributed by atoms with Crippen molar-refractivity contribution >= 4 is 11.8 Å². The Morgan fingerprint density at radius 1 is 1.62 bits per heavy atom. The van der Waals surface area contributed by atoms with Gasteiger partial charge in [0.2, 0.25) is 0 Å². The van der Waals surface area contributed by atoms with Crippen LogP contribution in [0.25, 0.3) is 0 Å². The normalized spacial score (nSPS) is 9.69. The number of anilines is 1. The number of carboxylic acids is 1. The summed E-state index contributed by atoms with van der Waals surface area (Å²) in [4.78, 5) is 20.1. The second-order valence-electron chi connectivity index (χ2n) is 2.58. The van der Waals surface area contributed by atoms with E-state index in [1.54, 1.807) is 0 Å². The molecule has 0 atom stereocenters. The molecule has 13 heavy (non-hydrogen) atoms. The highest BCUT2D eigenvalue weighted by atomic mass is 16.4. The van der Waals surface area contributed by atoms with Gasteiger partial charge in [0.05, 0.1) is 12.4 Å². The molecule has 0 aliphatic heterocycles. The van der Waals surface area contributed by atoms with Crippen LogP contribution < -0.4 is 4.90 Å². The van der Waals surface area contributed by atoms with Crippen LogP contribution in [0.1, 0.15) is 17.4 Å². The minimum absolute atomic E-state index is 0.0298. The molecule has 1 rings (SSSR count). The van der Waals surface area contributed by atoms with Crippen molar-refractivity contribution in [2.75, 3.05) is 18.5 Å². The van der Waals surface area contributed by atoms with Crippen molar-refractivity contribution in [3.8, 4) is 0 Å². The van der Waals surface area contributed by atoms with Gasteiger partial charge in [0.15, 0.2) is 5.69 Å². The van der Waals surface area contributed by atoms with Gasteiger partial charge in [0.25, 0.3) is 0 Å². The molecule has 0 fully saturated rings. The van der Waals surface area contributed by atoms with E-state index in [4.69, 9.17) is 5.11 Å². The largest absolute Gasteiger partial charge is 0.476 e. The molecule has 5 nitrogen and oxygen atoms in total. The summed E-state index contributed by atoms with van der Waals surface area (Å²) < 4.78 is 0. The molecule has 1 aromatic heterocycles. The molecule has 1 heterocycles. The average molecular weight is 181 g/mol. The van der Waals surface area contributed by atoms with Gasteiger partial charge in [-0.25, -0.2) is 9.78 Å². The topological polar surface area (TPSA) is 66.3 Å². The molecular weight excluding hydrogens is 170 g/mol. The molecule has 0 amide bonds. The first kappa shape index (κ1) is 9.44. The summed E-state index contributed by atoms with van der Waals surface area (Å²) in [7, 11) is 1.83. The smallest absolute Gasteiger partial charge is 0.356 e. The summed E-state index contributed by atoms with van der Waals surface area (Å²) in [5, 5.41) is 8.64. The number of carboxylic acid groups (broad SMARTS) is 1. The third-order valence-electron chi connectivity index (χ3n) is 1.71. The lowest BCUT2D eigenvalue weighted by Crippen LogP contribution is -2.18. The first-order valence-corrected chi connectivity index (χ1v) is 3.91. The fourth-order valence-electron chi connectivity index (χ4n) is 0.805. The van der Waals surface area contributed by atoms with Crippen molar-refractivity contribution in [3.05, 3.63) is 18.1 Å². The summed E-state index contributed by atoms with van der Waals surface area (Å²) >= 11 is 0. The summed E-state index contributed by atoms with van der Waals surface area (Å²) in [5.41, 5.74) is -0.0298. The second-order valence-corrected chi connectivity index (χ2v) is 2.58. The number of rotatable bonds is 3. The number of hydrogen-bond donors (Lipinski definition) is 1. The first-order valence-electron chi connectivity index (χ1n) is 3.91. The quantitative estimate of drug-likeness (QED) is 0.740. The predicted octanol–water partition coefficient (Wildman–Crippen LogP) is 0.631. The first-order chi connectivity index (χ1) is 6.15. The van der Waals surface area contributed by atoms with Gasteiger partial charge in [0.1, 0.15) is 5.82 Å². The Hall–Kier alpha value is -1.65. The van der Waals surface area contributed by atoms with Crippen LogP contribution >= 0.6 is 0 Å². The molecule has 70 valence electrons. The number of nitrogens with zero attached hydrogens (tertiary/aromatic N) is 3. The standard InChI is InChI=1S/C8H11N3O2/c1-3-11(2)7-5-9-4-6(10-7)8(12)13/h4-5H,3H2,1-2H3,(H,12,13). The molecule has 0 spiro atoms. The van der Waals surface area contributed by atoms with Crippen LogP contribution in [0.15, 0.2) is 12.4 Å². The lowest BCUT2D eigenvalue weighted by Gasteiger charge is -2.14. The number of carbonyl (C=O) groups is 1. The van der Waals surface area contributed by atoms with E-state index in [0.29, 0.717) is 5.82 Å². The zero-order valence-electron chi connectivity index (χ0n) is 7.56. The Bertz CT molecular complexity index is 314. The maximum Gasteiger partial charge on any atom is 0.356 e. The number of aromatic carboxylic acids is 1. The van der Waals surface area contributed by atoms with Gasteiger partial charge in [-0.3, -0.25) is 4.98 Å². The third kappa shape index (κ3) is 2.14. The predicted molar refractivity (Wildman–Crippen MR) is 47.9 cm³/mol. The Kier molecular flexibility index (Phi) is 2.79. The molecule has 0 saturated heterocycles. The molecular formula is C8H11N3O2. The Morgan fingerprint density at radius 3 is 2.85 bits per heavy atom. The molecule has 0 radical (unpaired) electrons. The molecule has 0 saturated carbocycles. The van der Waals surface area contributed by atoms with Crippen molar-refractivity contribution in [3.63, 3.8) is 0 Å². The monoisotopic (exact) mass is 181 g/mol. The van der Waals surface area contributed by atoms with Crippen molar-refractivity contribution < 1.29 is 9.90 Å². The molecule has 0 aromatic carbocycles. The van der Waals surface area contributed by atoms with Gasteiger partial charge in [-0.1, -0.05) is 0 Å². The number of hydrogen-bond acceptors (Lipinski definition) is 4. The van der Waals surface area contributed by atoms with Gasteiger partial charge in [-0.2, -0.15) is 0 Å². The maximum absolute atomic E-state index is 10.5. The molecule has 1 N–H and O–H groups in total. The van der Waals surface area contributed by atoms with Gasteiger partial charge >= 0.3 is 5.97 Å². The van der Waals surface area contributed by atoms with E-state index in [9.17, 15) is 4.79 Å². The lowest BCUT2D eigenvalue weighted by atomic mass is 10.4. The van der Waals surface area contributed by atoms with Crippen LogP contribution in [0, 0.1) is 0 Å². The van der Waals surface area contributed by atoms with Crippen LogP contribution in [-0.2, 0) is 0 Å². The van der Waals surface area contributed by atoms with Crippen molar-refractivity contribution in [1.82, 2.24) is 9.97 Å². The molecule has 5 heteroatoms. The van der Waals surface area contributed by atoms with E-state index in [1.807, 2.05) is 18.9 Å². The summed E-state index contributed by atoms with van der Waals surface area (Å²) in [6.07, 6.45) is 2.77. The van der Waals surface area contributed by atoms with Crippen molar-refractivity contribution in [1.29, 1.82) is 0 Å². The van der Waals surface area contributed by atoms with Crippen LogP contribution in [0.5, 0.6) is 0 Å². The molecule has 0 unspecified atom stereocenters. The van der Waals surface area contributed by atoms with Crippen molar-refractivity contribution in [2.45, 2.75) is 6.92 Å². The Balaban J connectivity index is 2.98. The second kappa shape index (κ2) is 3.84. The van der Waals surface area contributed by atoms with E-state index in [0.717, 1.165) is 6.54 Å². The van der Waals surface area contributed by atoms with E-state index >= 15 is 0 Å². The third-order valence-corrected chi connectivity index (χ3v) is 1.71. The minimum atomic E-state index is -1.06. The molecule has 0 bridgehead atoms. The van der Waals surface area contributed by atoms with Crippen LogP contribution in [-0.4, -0.2) is 34.6 Å². The Labute approximate surface area is 76.0 Å². The van der Waals surface area contributed by atoms with Crippen molar-refractivity contribution in [2.24, 2.45) is 0 Å². The lowest BCUT2D eigenvalue weighted by molar-refractivity contribution is 0.0690. The fourth-order valence-corrected chi connectivity index (χ4v) is 0.805. The van der Waals surface area contributed by atoms with E-state index in [2.05, 4.69) is 9.97 Å². The van der Waals surface area contributed by atoms with Crippen LogP contribution in [0.3, 0.4) is 0 Å². The number of aromatic nitrogens is 2. The average Bonchev–Trinajstić information content (AvgIpc) is 2.17. The summed E-state index contributed by atoms with van der Waals surface area (Å²) in [5.74, 6) is -0.485. The summed E-state index contributed by atoms with van der Waals surface area (Å²) in [6, 6.07) is 0. The van der Waals surface area contributed by atoms with E-state index < -0.39 is 5.97 Å². The van der Waals surface area contributed by atoms with E-state index in [1.165, 1.54) is 12.4 Å². The Morgan fingerprint density at radius 2 is 2.31 bits per heavy atom. The highest BCUT2D eigenvalue weighted by Gasteiger charge is 2.07. The minimum Gasteiger partial charge on any atom is -0.476 e. The SMILES string of the molecule is CCN(C)c1cncc(C(=O)O)n1.